The van der Waals surface area contributed by atoms with E-state index < -0.39 is 5.97 Å². The lowest BCUT2D eigenvalue weighted by Gasteiger charge is -2.10. The van der Waals surface area contributed by atoms with Crippen LogP contribution in [-0.2, 0) is 11.2 Å². The maximum Gasteiger partial charge on any atom is 0.339 e. The third-order valence-corrected chi connectivity index (χ3v) is 6.04. The van der Waals surface area contributed by atoms with Gasteiger partial charge in [0, 0.05) is 22.3 Å². The first-order valence-electron chi connectivity index (χ1n) is 8.79. The summed E-state index contributed by atoms with van der Waals surface area (Å²) in [7, 11) is 3.20. The van der Waals surface area contributed by atoms with Gasteiger partial charge in [-0.1, -0.05) is 6.92 Å². The highest BCUT2D eigenvalue weighted by atomic mass is 32.1. The lowest BCUT2D eigenvalue weighted by Crippen LogP contribution is -2.16. The van der Waals surface area contributed by atoms with Crippen LogP contribution in [-0.4, -0.2) is 31.2 Å². The van der Waals surface area contributed by atoms with Crippen LogP contribution in [0, 0.1) is 12.8 Å². The van der Waals surface area contributed by atoms with Crippen LogP contribution in [0.4, 0.5) is 5.00 Å². The summed E-state index contributed by atoms with van der Waals surface area (Å²) in [6.45, 7) is 3.80. The van der Waals surface area contributed by atoms with Crippen LogP contribution in [0.3, 0.4) is 0 Å². The topological polar surface area (TPSA) is 84.9 Å². The molecule has 1 aromatic heterocycles. The Morgan fingerprint density at radius 2 is 2.04 bits per heavy atom. The van der Waals surface area contributed by atoms with E-state index in [-0.39, 0.29) is 23.3 Å². The summed E-state index contributed by atoms with van der Waals surface area (Å²) in [5.74, 6) is 0.105. The number of hydrogen-bond donors (Lipinski definition) is 2. The summed E-state index contributed by atoms with van der Waals surface area (Å²) in [6, 6.07) is 5.55. The van der Waals surface area contributed by atoms with Gasteiger partial charge in [0.05, 0.1) is 19.8 Å². The molecule has 7 heteroatoms. The van der Waals surface area contributed by atoms with Gasteiger partial charge in [-0.05, 0) is 43.5 Å². The zero-order valence-electron chi connectivity index (χ0n) is 15.8. The van der Waals surface area contributed by atoms with Crippen molar-refractivity contribution < 1.29 is 24.2 Å². The number of carboxylic acids is 1. The first-order chi connectivity index (χ1) is 12.9. The smallest absolute Gasteiger partial charge is 0.339 e. The molecule has 1 saturated carbocycles. The van der Waals surface area contributed by atoms with E-state index in [9.17, 15) is 14.7 Å². The van der Waals surface area contributed by atoms with Crippen molar-refractivity contribution in [2.24, 2.45) is 5.92 Å². The van der Waals surface area contributed by atoms with Gasteiger partial charge in [0.15, 0.2) is 0 Å². The van der Waals surface area contributed by atoms with Gasteiger partial charge < -0.3 is 19.9 Å². The van der Waals surface area contributed by atoms with Crippen molar-refractivity contribution in [3.63, 3.8) is 0 Å². The summed E-state index contributed by atoms with van der Waals surface area (Å²) in [5, 5.41) is 12.8. The Labute approximate surface area is 162 Å². The van der Waals surface area contributed by atoms with Crippen molar-refractivity contribution in [2.75, 3.05) is 19.5 Å². The fraction of sp³-hybridized carbons (Fsp3) is 0.400. The second-order valence-electron chi connectivity index (χ2n) is 6.55. The third-order valence-electron chi connectivity index (χ3n) is 4.98. The van der Waals surface area contributed by atoms with Crippen LogP contribution in [0.5, 0.6) is 11.5 Å². The number of rotatable bonds is 7. The predicted octanol–water partition coefficient (Wildman–Crippen LogP) is 4.08. The number of carbonyl (C=O) groups excluding carboxylic acids is 1. The highest BCUT2D eigenvalue weighted by Crippen LogP contribution is 2.52. The zero-order valence-corrected chi connectivity index (χ0v) is 16.6. The summed E-state index contributed by atoms with van der Waals surface area (Å²) in [6.07, 6.45) is 1.32. The minimum absolute atomic E-state index is 0.0371. The molecule has 2 aromatic rings. The second kappa shape index (κ2) is 7.60. The van der Waals surface area contributed by atoms with Gasteiger partial charge in [-0.15, -0.1) is 11.3 Å². The highest BCUT2D eigenvalue weighted by Gasteiger charge is 2.46. The Morgan fingerprint density at radius 3 is 2.63 bits per heavy atom. The van der Waals surface area contributed by atoms with E-state index in [1.54, 1.807) is 14.2 Å². The SMILES string of the molecule is CCc1c(C)sc(NC(=O)C2CC2c2cc(OC)ccc2OC)c1C(=O)O. The molecule has 6 nitrogen and oxygen atoms in total. The van der Waals surface area contributed by atoms with Gasteiger partial charge in [-0.3, -0.25) is 4.79 Å². The molecular formula is C20H23NO5S. The number of benzene rings is 1. The van der Waals surface area contributed by atoms with Crippen molar-refractivity contribution in [2.45, 2.75) is 32.6 Å². The van der Waals surface area contributed by atoms with Crippen molar-refractivity contribution in [1.82, 2.24) is 0 Å². The molecule has 2 unspecified atom stereocenters. The number of carboxylic acid groups (broad SMARTS) is 1. The predicted molar refractivity (Wildman–Crippen MR) is 104 cm³/mol. The largest absolute Gasteiger partial charge is 0.497 e. The van der Waals surface area contributed by atoms with Gasteiger partial charge in [-0.25, -0.2) is 4.79 Å². The normalized spacial score (nSPS) is 18.1. The number of thiophene rings is 1. The van der Waals surface area contributed by atoms with Gasteiger partial charge in [0.1, 0.15) is 16.5 Å². The van der Waals surface area contributed by atoms with Crippen LogP contribution in [0.1, 0.15) is 45.6 Å². The first kappa shape index (κ1) is 19.2. The molecule has 0 saturated heterocycles. The van der Waals surface area contributed by atoms with Crippen LogP contribution < -0.4 is 14.8 Å². The minimum atomic E-state index is -1.01. The Morgan fingerprint density at radius 1 is 1.30 bits per heavy atom. The third kappa shape index (κ3) is 3.64. The zero-order chi connectivity index (χ0) is 19.7. The van der Waals surface area contributed by atoms with E-state index in [1.807, 2.05) is 32.0 Å². The molecule has 0 spiro atoms. The van der Waals surface area contributed by atoms with E-state index >= 15 is 0 Å². The maximum absolute atomic E-state index is 12.7. The standard InChI is InChI=1S/C20H23NO5S/c1-5-12-10(2)27-19(17(12)20(23)24)21-18(22)15-9-13(15)14-8-11(25-3)6-7-16(14)26-4/h6-8,13,15H,5,9H2,1-4H3,(H,21,22)(H,23,24). The summed E-state index contributed by atoms with van der Waals surface area (Å²) >= 11 is 1.32. The Kier molecular flexibility index (Phi) is 5.41. The molecule has 1 aliphatic carbocycles. The van der Waals surface area contributed by atoms with Crippen LogP contribution in [0.25, 0.3) is 0 Å². The lowest BCUT2D eigenvalue weighted by atomic mass is 10.1. The quantitative estimate of drug-likeness (QED) is 0.745. The summed E-state index contributed by atoms with van der Waals surface area (Å²) in [5.41, 5.74) is 1.93. The molecule has 0 bridgehead atoms. The van der Waals surface area contributed by atoms with Gasteiger partial charge >= 0.3 is 5.97 Å². The van der Waals surface area contributed by atoms with Crippen LogP contribution in [0.15, 0.2) is 18.2 Å². The number of aryl methyl sites for hydroxylation is 1. The van der Waals surface area contributed by atoms with E-state index in [0.29, 0.717) is 23.6 Å². The van der Waals surface area contributed by atoms with E-state index in [1.165, 1.54) is 11.3 Å². The van der Waals surface area contributed by atoms with Crippen LogP contribution >= 0.6 is 11.3 Å². The number of nitrogens with one attached hydrogen (secondary N) is 1. The van der Waals surface area contributed by atoms with Crippen molar-refractivity contribution in [3.05, 3.63) is 39.8 Å². The number of ether oxygens (including phenoxy) is 2. The van der Waals surface area contributed by atoms with Crippen LogP contribution in [0.2, 0.25) is 0 Å². The molecule has 1 heterocycles. The maximum atomic E-state index is 12.7. The molecular weight excluding hydrogens is 366 g/mol. The Hall–Kier alpha value is -2.54. The number of hydrogen-bond acceptors (Lipinski definition) is 5. The van der Waals surface area contributed by atoms with Crippen molar-refractivity contribution >= 4 is 28.2 Å². The average Bonchev–Trinajstić information content (AvgIpc) is 3.39. The van der Waals surface area contributed by atoms with Gasteiger partial charge in [-0.2, -0.15) is 0 Å². The van der Waals surface area contributed by atoms with Gasteiger partial charge in [0.2, 0.25) is 5.91 Å². The molecule has 27 heavy (non-hydrogen) atoms. The molecule has 2 N–H and O–H groups in total. The molecule has 1 aliphatic rings. The molecule has 1 aromatic carbocycles. The average molecular weight is 389 g/mol. The lowest BCUT2D eigenvalue weighted by molar-refractivity contribution is -0.117. The van der Waals surface area contributed by atoms with Crippen molar-refractivity contribution in [1.29, 1.82) is 0 Å². The second-order valence-corrected chi connectivity index (χ2v) is 7.77. The molecule has 1 amide bonds. The number of aromatic carboxylic acids is 1. The monoisotopic (exact) mass is 389 g/mol. The number of carbonyl (C=O) groups is 2. The molecule has 0 aliphatic heterocycles. The molecule has 3 rings (SSSR count). The fourth-order valence-corrected chi connectivity index (χ4v) is 4.62. The number of anilines is 1. The Bertz CT molecular complexity index is 889. The molecule has 0 radical (unpaired) electrons. The van der Waals surface area contributed by atoms with E-state index in [0.717, 1.165) is 21.8 Å². The van der Waals surface area contributed by atoms with Crippen molar-refractivity contribution in [3.8, 4) is 11.5 Å². The van der Waals surface area contributed by atoms with E-state index in [2.05, 4.69) is 5.32 Å². The highest BCUT2D eigenvalue weighted by molar-refractivity contribution is 7.16. The summed E-state index contributed by atoms with van der Waals surface area (Å²) in [4.78, 5) is 25.3. The fourth-order valence-electron chi connectivity index (χ4n) is 3.48. The Balaban J connectivity index is 1.80. The molecule has 144 valence electrons. The summed E-state index contributed by atoms with van der Waals surface area (Å²) < 4.78 is 10.7. The molecule has 2 atom stereocenters. The number of methoxy groups -OCH3 is 2. The minimum Gasteiger partial charge on any atom is -0.497 e. The van der Waals surface area contributed by atoms with Gasteiger partial charge in [0.25, 0.3) is 0 Å². The number of amides is 1. The molecule has 1 fully saturated rings. The first-order valence-corrected chi connectivity index (χ1v) is 9.61. The van der Waals surface area contributed by atoms with E-state index in [4.69, 9.17) is 9.47 Å².